The number of aryl methyl sites for hydroxylation is 1. The number of rotatable bonds is 4. The molecule has 1 N–H and O–H groups in total. The van der Waals surface area contributed by atoms with Gasteiger partial charge in [0, 0.05) is 19.8 Å². The second-order valence-electron chi connectivity index (χ2n) is 4.69. The van der Waals surface area contributed by atoms with E-state index in [9.17, 15) is 4.39 Å². The quantitative estimate of drug-likeness (QED) is 0.792. The van der Waals surface area contributed by atoms with E-state index in [1.807, 2.05) is 17.7 Å². The highest BCUT2D eigenvalue weighted by Gasteiger charge is 2.06. The molecule has 0 fully saturated rings. The average Bonchev–Trinajstić information content (AvgIpc) is 2.84. The molecule has 0 aliphatic rings. The van der Waals surface area contributed by atoms with Crippen molar-refractivity contribution >= 4 is 16.9 Å². The first-order valence-electron chi connectivity index (χ1n) is 6.48. The number of nitrogens with zero attached hydrogens (tertiary/aromatic N) is 3. The Bertz CT molecular complexity index is 718. The second kappa shape index (κ2) is 5.28. The number of benzene rings is 1. The van der Waals surface area contributed by atoms with E-state index in [-0.39, 0.29) is 5.82 Å². The summed E-state index contributed by atoms with van der Waals surface area (Å²) in [5, 5.41) is 3.28. The first-order valence-corrected chi connectivity index (χ1v) is 6.48. The lowest BCUT2D eigenvalue weighted by molar-refractivity contribution is 0.627. The molecule has 0 radical (unpaired) electrons. The van der Waals surface area contributed by atoms with E-state index in [1.54, 1.807) is 24.7 Å². The van der Waals surface area contributed by atoms with Crippen molar-refractivity contribution in [3.05, 3.63) is 54.2 Å². The Morgan fingerprint density at radius 2 is 1.95 bits per heavy atom. The van der Waals surface area contributed by atoms with Crippen molar-refractivity contribution in [3.63, 3.8) is 0 Å². The minimum atomic E-state index is -0.207. The van der Waals surface area contributed by atoms with E-state index in [2.05, 4.69) is 15.3 Å². The Morgan fingerprint density at radius 1 is 1.15 bits per heavy atom. The van der Waals surface area contributed by atoms with Gasteiger partial charge < -0.3 is 9.88 Å². The van der Waals surface area contributed by atoms with Crippen molar-refractivity contribution in [3.8, 4) is 0 Å². The summed E-state index contributed by atoms with van der Waals surface area (Å²) in [6.45, 7) is 0.730. The first kappa shape index (κ1) is 12.6. The number of hydrogen-bond acceptors (Lipinski definition) is 3. The Hall–Kier alpha value is -2.43. The third-order valence-corrected chi connectivity index (χ3v) is 3.26. The molecule has 2 heterocycles. The molecule has 0 saturated carbocycles. The van der Waals surface area contributed by atoms with Gasteiger partial charge in [-0.25, -0.2) is 14.4 Å². The Balaban J connectivity index is 1.69. The molecule has 0 amide bonds. The number of pyridine rings is 1. The van der Waals surface area contributed by atoms with Crippen LogP contribution in [0.3, 0.4) is 0 Å². The van der Waals surface area contributed by atoms with Crippen LogP contribution in [0, 0.1) is 5.82 Å². The molecule has 0 aliphatic heterocycles. The van der Waals surface area contributed by atoms with E-state index >= 15 is 0 Å². The van der Waals surface area contributed by atoms with Crippen LogP contribution in [0.2, 0.25) is 0 Å². The maximum absolute atomic E-state index is 12.8. The summed E-state index contributed by atoms with van der Waals surface area (Å²) in [6.07, 6.45) is 4.35. The SMILES string of the molecule is Cn1cnc2c(NCCc3ccc(F)cc3)nccc21. The highest BCUT2D eigenvalue weighted by Crippen LogP contribution is 2.18. The van der Waals surface area contributed by atoms with Crippen LogP contribution in [0.1, 0.15) is 5.56 Å². The number of aromatic nitrogens is 3. The van der Waals surface area contributed by atoms with E-state index in [0.717, 1.165) is 35.4 Å². The zero-order valence-corrected chi connectivity index (χ0v) is 11.2. The van der Waals surface area contributed by atoms with Gasteiger partial charge in [0.1, 0.15) is 11.3 Å². The largest absolute Gasteiger partial charge is 0.368 e. The zero-order valence-electron chi connectivity index (χ0n) is 11.2. The number of nitrogens with one attached hydrogen (secondary N) is 1. The number of fused-ring (bicyclic) bond motifs is 1. The molecule has 102 valence electrons. The fourth-order valence-electron chi connectivity index (χ4n) is 2.17. The van der Waals surface area contributed by atoms with Crippen LogP contribution < -0.4 is 5.32 Å². The summed E-state index contributed by atoms with van der Waals surface area (Å²) in [6, 6.07) is 8.49. The number of hydrogen-bond donors (Lipinski definition) is 1. The fourth-order valence-corrected chi connectivity index (χ4v) is 2.17. The van der Waals surface area contributed by atoms with Crippen LogP contribution in [-0.4, -0.2) is 21.1 Å². The second-order valence-corrected chi connectivity index (χ2v) is 4.69. The predicted octanol–water partition coefficient (Wildman–Crippen LogP) is 2.76. The van der Waals surface area contributed by atoms with Crippen LogP contribution in [0.25, 0.3) is 11.0 Å². The minimum absolute atomic E-state index is 0.207. The minimum Gasteiger partial charge on any atom is -0.368 e. The summed E-state index contributed by atoms with van der Waals surface area (Å²) in [5.41, 5.74) is 3.01. The average molecular weight is 270 g/mol. The first-order chi connectivity index (χ1) is 9.74. The molecule has 5 heteroatoms. The van der Waals surface area contributed by atoms with Crippen molar-refractivity contribution in [1.29, 1.82) is 0 Å². The molecule has 0 bridgehead atoms. The topological polar surface area (TPSA) is 42.7 Å². The van der Waals surface area contributed by atoms with Gasteiger partial charge in [-0.3, -0.25) is 0 Å². The lowest BCUT2D eigenvalue weighted by atomic mass is 10.1. The Kier molecular flexibility index (Phi) is 3.33. The van der Waals surface area contributed by atoms with Gasteiger partial charge in [0.25, 0.3) is 0 Å². The molecule has 3 rings (SSSR count). The van der Waals surface area contributed by atoms with Crippen LogP contribution in [-0.2, 0) is 13.5 Å². The van der Waals surface area contributed by atoms with Crippen molar-refractivity contribution in [2.24, 2.45) is 7.05 Å². The Morgan fingerprint density at radius 3 is 2.75 bits per heavy atom. The van der Waals surface area contributed by atoms with E-state index in [0.29, 0.717) is 0 Å². The normalized spacial score (nSPS) is 10.9. The number of anilines is 1. The molecular formula is C15H15FN4. The van der Waals surface area contributed by atoms with E-state index in [1.165, 1.54) is 12.1 Å². The standard InChI is InChI=1S/C15H15FN4/c1-20-10-19-14-13(20)7-9-18-15(14)17-8-6-11-2-4-12(16)5-3-11/h2-5,7,9-10H,6,8H2,1H3,(H,17,18). The lowest BCUT2D eigenvalue weighted by Gasteiger charge is -2.06. The molecule has 0 spiro atoms. The smallest absolute Gasteiger partial charge is 0.154 e. The maximum Gasteiger partial charge on any atom is 0.154 e. The fraction of sp³-hybridized carbons (Fsp3) is 0.200. The molecule has 0 saturated heterocycles. The third-order valence-electron chi connectivity index (χ3n) is 3.26. The van der Waals surface area contributed by atoms with Gasteiger partial charge in [-0.15, -0.1) is 0 Å². The van der Waals surface area contributed by atoms with Crippen molar-refractivity contribution in [2.75, 3.05) is 11.9 Å². The molecule has 0 aliphatic carbocycles. The summed E-state index contributed by atoms with van der Waals surface area (Å²) in [7, 11) is 1.96. The van der Waals surface area contributed by atoms with Gasteiger partial charge >= 0.3 is 0 Å². The van der Waals surface area contributed by atoms with Crippen LogP contribution >= 0.6 is 0 Å². The molecule has 20 heavy (non-hydrogen) atoms. The molecule has 1 aromatic carbocycles. The number of imidazole rings is 1. The third kappa shape index (κ3) is 2.47. The maximum atomic E-state index is 12.8. The van der Waals surface area contributed by atoms with Gasteiger partial charge in [0.2, 0.25) is 0 Å². The van der Waals surface area contributed by atoms with Gasteiger partial charge in [-0.1, -0.05) is 12.1 Å². The van der Waals surface area contributed by atoms with E-state index in [4.69, 9.17) is 0 Å². The highest BCUT2D eigenvalue weighted by atomic mass is 19.1. The predicted molar refractivity (Wildman–Crippen MR) is 77.1 cm³/mol. The molecule has 2 aromatic heterocycles. The van der Waals surface area contributed by atoms with Gasteiger partial charge in [-0.2, -0.15) is 0 Å². The van der Waals surface area contributed by atoms with E-state index < -0.39 is 0 Å². The molecule has 0 unspecified atom stereocenters. The Labute approximate surface area is 116 Å². The summed E-state index contributed by atoms with van der Waals surface area (Å²) in [4.78, 5) is 8.66. The summed E-state index contributed by atoms with van der Waals surface area (Å²) >= 11 is 0. The van der Waals surface area contributed by atoms with Crippen LogP contribution in [0.4, 0.5) is 10.2 Å². The molecule has 3 aromatic rings. The van der Waals surface area contributed by atoms with Crippen LogP contribution in [0.15, 0.2) is 42.9 Å². The highest BCUT2D eigenvalue weighted by molar-refractivity contribution is 5.85. The molecular weight excluding hydrogens is 255 g/mol. The molecule has 0 atom stereocenters. The van der Waals surface area contributed by atoms with Crippen molar-refractivity contribution in [2.45, 2.75) is 6.42 Å². The summed E-state index contributed by atoms with van der Waals surface area (Å²) < 4.78 is 14.8. The lowest BCUT2D eigenvalue weighted by Crippen LogP contribution is -2.06. The monoisotopic (exact) mass is 270 g/mol. The van der Waals surface area contributed by atoms with Crippen molar-refractivity contribution < 1.29 is 4.39 Å². The van der Waals surface area contributed by atoms with Gasteiger partial charge in [-0.05, 0) is 30.2 Å². The van der Waals surface area contributed by atoms with Crippen LogP contribution in [0.5, 0.6) is 0 Å². The molecule has 4 nitrogen and oxygen atoms in total. The van der Waals surface area contributed by atoms with Gasteiger partial charge in [0.15, 0.2) is 5.82 Å². The number of halogens is 1. The zero-order chi connectivity index (χ0) is 13.9. The van der Waals surface area contributed by atoms with Crippen molar-refractivity contribution in [1.82, 2.24) is 14.5 Å². The summed E-state index contributed by atoms with van der Waals surface area (Å²) in [5.74, 6) is 0.576. The van der Waals surface area contributed by atoms with Gasteiger partial charge in [0.05, 0.1) is 11.8 Å².